The number of morpholine rings is 1. The highest BCUT2D eigenvalue weighted by molar-refractivity contribution is 7.89. The second-order valence-electron chi connectivity index (χ2n) is 6.05. The molecule has 0 spiro atoms. The molecule has 1 saturated heterocycles. The van der Waals surface area contributed by atoms with E-state index >= 15 is 0 Å². The smallest absolute Gasteiger partial charge is 0.243 e. The van der Waals surface area contributed by atoms with Crippen LogP contribution < -0.4 is 10.6 Å². The van der Waals surface area contributed by atoms with Gasteiger partial charge < -0.3 is 15.4 Å². The lowest BCUT2D eigenvalue weighted by molar-refractivity contribution is -0.117. The first-order valence-electron chi connectivity index (χ1n) is 8.60. The van der Waals surface area contributed by atoms with Crippen molar-refractivity contribution in [2.24, 2.45) is 0 Å². The number of ether oxygens (including phenoxy) is 1. The topological polar surface area (TPSA) is 87.7 Å². The Bertz CT molecular complexity index is 696. The molecule has 2 N–H and O–H groups in total. The minimum absolute atomic E-state index is 0.0157. The van der Waals surface area contributed by atoms with Gasteiger partial charge in [0.1, 0.15) is 0 Å². The van der Waals surface area contributed by atoms with Crippen molar-refractivity contribution >= 4 is 21.6 Å². The van der Waals surface area contributed by atoms with Crippen LogP contribution in [0.5, 0.6) is 0 Å². The molecule has 1 aliphatic heterocycles. The van der Waals surface area contributed by atoms with Crippen LogP contribution in [-0.2, 0) is 19.6 Å². The average Bonchev–Trinajstić information content (AvgIpc) is 2.58. The van der Waals surface area contributed by atoms with Gasteiger partial charge in [0.25, 0.3) is 0 Å². The highest BCUT2D eigenvalue weighted by Crippen LogP contribution is 2.23. The second kappa shape index (κ2) is 8.75. The lowest BCUT2D eigenvalue weighted by Crippen LogP contribution is -2.43. The molecule has 1 amide bonds. The normalized spacial score (nSPS) is 18.3. The Balaban J connectivity index is 2.14. The van der Waals surface area contributed by atoms with E-state index in [1.807, 2.05) is 0 Å². The zero-order valence-corrected chi connectivity index (χ0v) is 15.9. The van der Waals surface area contributed by atoms with Gasteiger partial charge in [0.15, 0.2) is 0 Å². The van der Waals surface area contributed by atoms with Gasteiger partial charge in [-0.3, -0.25) is 4.79 Å². The Morgan fingerprint density at radius 2 is 2.08 bits per heavy atom. The standard InChI is InChI=1S/C17H27N3O4S/c1-4-20(5-2)25(22,23)16-10-14(7-6-13(16)3)19-17(21)11-15-12-24-9-8-18-15/h6-7,10,15,18H,4-5,8-9,11-12H2,1-3H3,(H,19,21). The summed E-state index contributed by atoms with van der Waals surface area (Å²) >= 11 is 0. The van der Waals surface area contributed by atoms with Crippen molar-refractivity contribution in [3.8, 4) is 0 Å². The minimum atomic E-state index is -3.57. The largest absolute Gasteiger partial charge is 0.378 e. The van der Waals surface area contributed by atoms with Crippen molar-refractivity contribution in [2.45, 2.75) is 38.1 Å². The van der Waals surface area contributed by atoms with Crippen LogP contribution in [-0.4, -0.2) is 57.5 Å². The zero-order valence-electron chi connectivity index (χ0n) is 15.0. The molecule has 1 aromatic rings. The predicted octanol–water partition coefficient (Wildman–Crippen LogP) is 1.34. The molecule has 7 nitrogen and oxygen atoms in total. The molecular weight excluding hydrogens is 342 g/mol. The third-order valence-electron chi connectivity index (χ3n) is 4.23. The SMILES string of the molecule is CCN(CC)S(=O)(=O)c1cc(NC(=O)CC2COCCN2)ccc1C. The van der Waals surface area contributed by atoms with E-state index in [0.717, 1.165) is 6.54 Å². The third-order valence-corrected chi connectivity index (χ3v) is 6.42. The van der Waals surface area contributed by atoms with E-state index in [4.69, 9.17) is 4.74 Å². The Morgan fingerprint density at radius 1 is 1.36 bits per heavy atom. The lowest BCUT2D eigenvalue weighted by atomic mass is 10.2. The summed E-state index contributed by atoms with van der Waals surface area (Å²) < 4.78 is 32.3. The monoisotopic (exact) mass is 369 g/mol. The number of anilines is 1. The molecule has 1 aliphatic rings. The maximum absolute atomic E-state index is 12.8. The van der Waals surface area contributed by atoms with E-state index < -0.39 is 10.0 Å². The molecule has 0 bridgehead atoms. The van der Waals surface area contributed by atoms with Crippen LogP contribution in [0.1, 0.15) is 25.8 Å². The van der Waals surface area contributed by atoms with Crippen LogP contribution in [0.4, 0.5) is 5.69 Å². The van der Waals surface area contributed by atoms with E-state index in [1.165, 1.54) is 10.4 Å². The first-order chi connectivity index (χ1) is 11.9. The molecular formula is C17H27N3O4S. The van der Waals surface area contributed by atoms with Crippen LogP contribution in [0, 0.1) is 6.92 Å². The van der Waals surface area contributed by atoms with Gasteiger partial charge >= 0.3 is 0 Å². The van der Waals surface area contributed by atoms with Crippen LogP contribution >= 0.6 is 0 Å². The summed E-state index contributed by atoms with van der Waals surface area (Å²) in [4.78, 5) is 12.4. The van der Waals surface area contributed by atoms with Gasteiger partial charge in [0.2, 0.25) is 15.9 Å². The number of aryl methyl sites for hydroxylation is 1. The molecule has 25 heavy (non-hydrogen) atoms. The number of amides is 1. The van der Waals surface area contributed by atoms with Gasteiger partial charge in [-0.1, -0.05) is 19.9 Å². The van der Waals surface area contributed by atoms with Crippen LogP contribution in [0.15, 0.2) is 23.1 Å². The van der Waals surface area contributed by atoms with Crippen LogP contribution in [0.25, 0.3) is 0 Å². The fourth-order valence-electron chi connectivity index (χ4n) is 2.85. The number of hydrogen-bond donors (Lipinski definition) is 2. The molecule has 1 heterocycles. The van der Waals surface area contributed by atoms with Crippen molar-refractivity contribution in [1.29, 1.82) is 0 Å². The van der Waals surface area contributed by atoms with E-state index in [2.05, 4.69) is 10.6 Å². The molecule has 140 valence electrons. The lowest BCUT2D eigenvalue weighted by Gasteiger charge is -2.23. The van der Waals surface area contributed by atoms with E-state index in [0.29, 0.717) is 37.6 Å². The van der Waals surface area contributed by atoms with E-state index in [1.54, 1.807) is 32.9 Å². The summed E-state index contributed by atoms with van der Waals surface area (Å²) in [6, 6.07) is 4.96. The quantitative estimate of drug-likeness (QED) is 0.757. The van der Waals surface area contributed by atoms with E-state index in [-0.39, 0.29) is 23.3 Å². The van der Waals surface area contributed by atoms with Gasteiger partial charge in [-0.05, 0) is 24.6 Å². The van der Waals surface area contributed by atoms with Crippen molar-refractivity contribution in [1.82, 2.24) is 9.62 Å². The Morgan fingerprint density at radius 3 is 2.68 bits per heavy atom. The number of sulfonamides is 1. The van der Waals surface area contributed by atoms with Gasteiger partial charge in [0.05, 0.1) is 18.1 Å². The average molecular weight is 369 g/mol. The fourth-order valence-corrected chi connectivity index (χ4v) is 4.55. The number of nitrogens with one attached hydrogen (secondary N) is 2. The predicted molar refractivity (Wildman–Crippen MR) is 97.1 cm³/mol. The summed E-state index contributed by atoms with van der Waals surface area (Å²) in [6.07, 6.45) is 0.284. The second-order valence-corrected chi connectivity index (χ2v) is 7.95. The molecule has 1 aromatic carbocycles. The molecule has 1 atom stereocenters. The number of rotatable bonds is 7. The van der Waals surface area contributed by atoms with Crippen molar-refractivity contribution in [3.63, 3.8) is 0 Å². The summed E-state index contributed by atoms with van der Waals surface area (Å²) in [5.41, 5.74) is 1.14. The fraction of sp³-hybridized carbons (Fsp3) is 0.588. The van der Waals surface area contributed by atoms with E-state index in [9.17, 15) is 13.2 Å². The first kappa shape index (κ1) is 19.8. The maximum atomic E-state index is 12.8. The van der Waals surface area contributed by atoms with Crippen molar-refractivity contribution in [2.75, 3.05) is 38.2 Å². The van der Waals surface area contributed by atoms with Crippen molar-refractivity contribution < 1.29 is 17.9 Å². The van der Waals surface area contributed by atoms with Crippen LogP contribution in [0.2, 0.25) is 0 Å². The molecule has 1 unspecified atom stereocenters. The summed E-state index contributed by atoms with van der Waals surface area (Å²) in [5, 5.41) is 6.01. The number of carbonyl (C=O) groups is 1. The maximum Gasteiger partial charge on any atom is 0.243 e. The minimum Gasteiger partial charge on any atom is -0.378 e. The molecule has 2 rings (SSSR count). The van der Waals surface area contributed by atoms with Gasteiger partial charge in [-0.25, -0.2) is 8.42 Å². The number of benzene rings is 1. The van der Waals surface area contributed by atoms with Gasteiger partial charge in [-0.2, -0.15) is 4.31 Å². The zero-order chi connectivity index (χ0) is 18.4. The molecule has 0 aliphatic carbocycles. The number of carbonyl (C=O) groups excluding carboxylic acids is 1. The number of nitrogens with zero attached hydrogens (tertiary/aromatic N) is 1. The Hall–Kier alpha value is -1.48. The third kappa shape index (κ3) is 5.01. The van der Waals surface area contributed by atoms with Crippen LogP contribution in [0.3, 0.4) is 0 Å². The summed E-state index contributed by atoms with van der Waals surface area (Å²) in [6.45, 7) is 8.07. The summed E-state index contributed by atoms with van der Waals surface area (Å²) in [5.74, 6) is -0.168. The molecule has 0 radical (unpaired) electrons. The highest BCUT2D eigenvalue weighted by Gasteiger charge is 2.24. The molecule has 0 aromatic heterocycles. The van der Waals surface area contributed by atoms with Crippen molar-refractivity contribution in [3.05, 3.63) is 23.8 Å². The molecule has 0 saturated carbocycles. The Kier molecular flexibility index (Phi) is 6.95. The first-order valence-corrected chi connectivity index (χ1v) is 10.0. The van der Waals surface area contributed by atoms with Gasteiger partial charge in [0, 0.05) is 37.8 Å². The number of hydrogen-bond acceptors (Lipinski definition) is 5. The molecule has 8 heteroatoms. The highest BCUT2D eigenvalue weighted by atomic mass is 32.2. The molecule has 1 fully saturated rings. The summed E-state index contributed by atoms with van der Waals surface area (Å²) in [7, 11) is -3.57. The Labute approximate surface area is 149 Å². The van der Waals surface area contributed by atoms with Gasteiger partial charge in [-0.15, -0.1) is 0 Å².